The van der Waals surface area contributed by atoms with Crippen molar-refractivity contribution in [1.82, 2.24) is 9.58 Å². The molecule has 5 rings (SSSR count). The van der Waals surface area contributed by atoms with Gasteiger partial charge in [-0.05, 0) is 24.8 Å². The van der Waals surface area contributed by atoms with Crippen molar-refractivity contribution in [3.05, 3.63) is 70.1 Å². The van der Waals surface area contributed by atoms with Crippen molar-refractivity contribution in [3.8, 4) is 0 Å². The molecule has 0 bridgehead atoms. The van der Waals surface area contributed by atoms with E-state index in [4.69, 9.17) is 4.74 Å². The molecule has 2 fully saturated rings. The van der Waals surface area contributed by atoms with Gasteiger partial charge in [-0.25, -0.2) is 0 Å². The number of amides is 1. The fraction of sp³-hybridized carbons (Fsp3) is 0.455. The monoisotopic (exact) mass is 379 g/mol. The maximum atomic E-state index is 13.3. The lowest BCUT2D eigenvalue weighted by Crippen LogP contribution is -2.55. The van der Waals surface area contributed by atoms with Crippen molar-refractivity contribution in [2.75, 3.05) is 5.43 Å². The first-order valence-electron chi connectivity index (χ1n) is 10.1. The number of aromatic nitrogens is 1. The first kappa shape index (κ1) is 17.5. The van der Waals surface area contributed by atoms with Crippen LogP contribution in [0.25, 0.3) is 0 Å². The molecule has 2 aromatic rings. The largest absolute Gasteiger partial charge is 0.353 e. The van der Waals surface area contributed by atoms with Crippen LogP contribution in [0.4, 0.5) is 0 Å². The number of nitrogens with one attached hydrogen (secondary N) is 1. The Morgan fingerprint density at radius 2 is 1.86 bits per heavy atom. The normalized spacial score (nSPS) is 25.3. The smallest absolute Gasteiger partial charge is 0.276 e. The van der Waals surface area contributed by atoms with Crippen molar-refractivity contribution in [2.24, 2.45) is 5.41 Å². The molecule has 1 N–H and O–H groups in total. The van der Waals surface area contributed by atoms with Gasteiger partial charge in [0.1, 0.15) is 18.1 Å². The first-order chi connectivity index (χ1) is 13.7. The molecule has 2 atom stereocenters. The summed E-state index contributed by atoms with van der Waals surface area (Å²) < 4.78 is 8.14. The van der Waals surface area contributed by atoms with Gasteiger partial charge in [-0.3, -0.25) is 19.2 Å². The van der Waals surface area contributed by atoms with E-state index >= 15 is 0 Å². The molecule has 1 spiro atoms. The fourth-order valence-electron chi connectivity index (χ4n) is 5.16. The third-order valence-corrected chi connectivity index (χ3v) is 6.48. The SMILES string of the molecule is O=C1c2cc(=O)ccn2NC2CC3(CCCCC3)C(OCc3ccccc3)N12. The zero-order chi connectivity index (χ0) is 19.1. The van der Waals surface area contributed by atoms with Gasteiger partial charge in [0.15, 0.2) is 5.43 Å². The van der Waals surface area contributed by atoms with Gasteiger partial charge < -0.3 is 10.2 Å². The number of hydrogen-bond acceptors (Lipinski definition) is 4. The van der Waals surface area contributed by atoms with E-state index in [-0.39, 0.29) is 29.1 Å². The number of carbonyl (C=O) groups is 1. The van der Waals surface area contributed by atoms with Gasteiger partial charge in [-0.1, -0.05) is 49.6 Å². The number of rotatable bonds is 3. The van der Waals surface area contributed by atoms with Crippen molar-refractivity contribution in [3.63, 3.8) is 0 Å². The second kappa shape index (κ2) is 6.78. The molecular weight excluding hydrogens is 354 g/mol. The number of nitrogens with zero attached hydrogens (tertiary/aromatic N) is 2. The fourth-order valence-corrected chi connectivity index (χ4v) is 5.16. The molecular formula is C22H25N3O3. The highest BCUT2D eigenvalue weighted by Gasteiger charge is 2.56. The van der Waals surface area contributed by atoms with E-state index < -0.39 is 0 Å². The van der Waals surface area contributed by atoms with Crippen LogP contribution in [0.3, 0.4) is 0 Å². The Balaban J connectivity index is 1.49. The Morgan fingerprint density at radius 3 is 2.64 bits per heavy atom. The lowest BCUT2D eigenvalue weighted by molar-refractivity contribution is -0.107. The average molecular weight is 379 g/mol. The Labute approximate surface area is 164 Å². The van der Waals surface area contributed by atoms with E-state index in [1.165, 1.54) is 31.4 Å². The molecule has 2 aliphatic heterocycles. The maximum Gasteiger partial charge on any atom is 0.276 e. The summed E-state index contributed by atoms with van der Waals surface area (Å²) in [6.07, 6.45) is 7.87. The molecule has 1 aromatic carbocycles. The van der Waals surface area contributed by atoms with Crippen LogP contribution in [0.5, 0.6) is 0 Å². The van der Waals surface area contributed by atoms with Crippen LogP contribution in [-0.2, 0) is 11.3 Å². The zero-order valence-corrected chi connectivity index (χ0v) is 15.8. The van der Waals surface area contributed by atoms with Crippen LogP contribution in [0.2, 0.25) is 0 Å². The van der Waals surface area contributed by atoms with E-state index in [2.05, 4.69) is 5.43 Å². The van der Waals surface area contributed by atoms with E-state index in [9.17, 15) is 9.59 Å². The van der Waals surface area contributed by atoms with Crippen LogP contribution in [0.15, 0.2) is 53.5 Å². The zero-order valence-electron chi connectivity index (χ0n) is 15.8. The van der Waals surface area contributed by atoms with Crippen LogP contribution in [0, 0.1) is 5.41 Å². The van der Waals surface area contributed by atoms with Crippen molar-refractivity contribution in [2.45, 2.75) is 57.5 Å². The summed E-state index contributed by atoms with van der Waals surface area (Å²) in [6.45, 7) is 0.478. The average Bonchev–Trinajstić information content (AvgIpc) is 3.01. The summed E-state index contributed by atoms with van der Waals surface area (Å²) in [5.74, 6) is -0.123. The van der Waals surface area contributed by atoms with E-state index in [1.807, 2.05) is 35.2 Å². The van der Waals surface area contributed by atoms with E-state index in [0.717, 1.165) is 24.8 Å². The second-order valence-electron chi connectivity index (χ2n) is 8.25. The number of carbonyl (C=O) groups excluding carboxylic acids is 1. The molecule has 1 saturated heterocycles. The minimum absolute atomic E-state index is 0.0245. The van der Waals surface area contributed by atoms with Crippen molar-refractivity contribution in [1.29, 1.82) is 0 Å². The maximum absolute atomic E-state index is 13.3. The van der Waals surface area contributed by atoms with Gasteiger partial charge >= 0.3 is 0 Å². The quantitative estimate of drug-likeness (QED) is 0.890. The van der Waals surface area contributed by atoms with Gasteiger partial charge in [-0.2, -0.15) is 0 Å². The highest BCUT2D eigenvalue weighted by Crippen LogP contribution is 2.51. The molecule has 1 aromatic heterocycles. The predicted molar refractivity (Wildman–Crippen MR) is 105 cm³/mol. The van der Waals surface area contributed by atoms with Gasteiger partial charge in [0.05, 0.1) is 6.61 Å². The standard InChI is InChI=1S/C22H25N3O3/c26-17-9-12-24-18(13-17)20(27)25-19(23-24)14-22(10-5-2-6-11-22)21(25)28-15-16-7-3-1-4-8-16/h1,3-4,7-9,12-13,19,21,23H,2,5-6,10-11,14-15H2. The lowest BCUT2D eigenvalue weighted by atomic mass is 9.72. The van der Waals surface area contributed by atoms with Crippen LogP contribution in [-0.4, -0.2) is 27.9 Å². The third kappa shape index (κ3) is 2.83. The van der Waals surface area contributed by atoms with Gasteiger partial charge in [0.2, 0.25) is 0 Å². The summed E-state index contributed by atoms with van der Waals surface area (Å²) in [4.78, 5) is 27.0. The second-order valence-corrected chi connectivity index (χ2v) is 8.25. The Hall–Kier alpha value is -2.60. The predicted octanol–water partition coefficient (Wildman–Crippen LogP) is 3.07. The lowest BCUT2D eigenvalue weighted by Gasteiger charge is -2.41. The Bertz CT molecular complexity index is 934. The molecule has 2 unspecified atom stereocenters. The van der Waals surface area contributed by atoms with Crippen molar-refractivity contribution < 1.29 is 9.53 Å². The minimum Gasteiger partial charge on any atom is -0.353 e. The first-order valence-corrected chi connectivity index (χ1v) is 10.1. The van der Waals surface area contributed by atoms with E-state index in [0.29, 0.717) is 12.3 Å². The van der Waals surface area contributed by atoms with Gasteiger partial charge in [-0.15, -0.1) is 0 Å². The summed E-state index contributed by atoms with van der Waals surface area (Å²) in [5, 5.41) is 0. The molecule has 28 heavy (non-hydrogen) atoms. The van der Waals surface area contributed by atoms with Gasteiger partial charge in [0, 0.05) is 23.7 Å². The molecule has 1 amide bonds. The van der Waals surface area contributed by atoms with Crippen LogP contribution in [0.1, 0.15) is 54.6 Å². The summed E-state index contributed by atoms with van der Waals surface area (Å²) >= 11 is 0. The highest BCUT2D eigenvalue weighted by atomic mass is 16.5. The summed E-state index contributed by atoms with van der Waals surface area (Å²) in [5.41, 5.74) is 4.72. The number of hydrogen-bond donors (Lipinski definition) is 1. The third-order valence-electron chi connectivity index (χ3n) is 6.48. The minimum atomic E-state index is -0.276. The molecule has 6 nitrogen and oxygen atoms in total. The van der Waals surface area contributed by atoms with Gasteiger partial charge in [0.25, 0.3) is 5.91 Å². The molecule has 3 heterocycles. The topological polar surface area (TPSA) is 63.6 Å². The summed E-state index contributed by atoms with van der Waals surface area (Å²) in [7, 11) is 0. The van der Waals surface area contributed by atoms with E-state index in [1.54, 1.807) is 10.9 Å². The molecule has 146 valence electrons. The van der Waals surface area contributed by atoms with Crippen molar-refractivity contribution >= 4 is 5.91 Å². The highest BCUT2D eigenvalue weighted by molar-refractivity contribution is 5.94. The molecule has 1 saturated carbocycles. The van der Waals surface area contributed by atoms with Crippen LogP contribution < -0.4 is 10.9 Å². The molecule has 0 radical (unpaired) electrons. The number of fused-ring (bicyclic) bond motifs is 2. The summed E-state index contributed by atoms with van der Waals surface area (Å²) in [6, 6.07) is 13.0. The molecule has 3 aliphatic rings. The molecule has 1 aliphatic carbocycles. The number of benzene rings is 1. The number of pyridine rings is 1. The number of ether oxygens (including phenoxy) is 1. The Morgan fingerprint density at radius 1 is 1.07 bits per heavy atom. The molecule has 6 heteroatoms. The van der Waals surface area contributed by atoms with Crippen LogP contribution >= 0.6 is 0 Å². The Kier molecular flexibility index (Phi) is 4.23.